The first-order valence-corrected chi connectivity index (χ1v) is 7.13. The predicted molar refractivity (Wildman–Crippen MR) is 74.0 cm³/mol. The van der Waals surface area contributed by atoms with Crippen molar-refractivity contribution >= 4 is 5.97 Å². The summed E-state index contributed by atoms with van der Waals surface area (Å²) in [6, 6.07) is 0. The largest absolute Gasteiger partial charge is 0.342 e. The Kier molecular flexibility index (Phi) is 9.08. The van der Waals surface area contributed by atoms with E-state index in [1.807, 2.05) is 0 Å². The van der Waals surface area contributed by atoms with Gasteiger partial charge in [0, 0.05) is 6.42 Å². The SMILES string of the molecule is CC(C)CCOOC(=O)CCCCCC(C)(C)C. The zero-order valence-electron chi connectivity index (χ0n) is 12.8. The van der Waals surface area contributed by atoms with Crippen LogP contribution in [0.25, 0.3) is 0 Å². The van der Waals surface area contributed by atoms with Crippen LogP contribution in [0.15, 0.2) is 0 Å². The van der Waals surface area contributed by atoms with E-state index < -0.39 is 0 Å². The molecule has 0 rings (SSSR count). The minimum absolute atomic E-state index is 0.241. The highest BCUT2D eigenvalue weighted by atomic mass is 17.2. The third-order valence-corrected chi connectivity index (χ3v) is 2.74. The van der Waals surface area contributed by atoms with Crippen LogP contribution in [0.4, 0.5) is 0 Å². The van der Waals surface area contributed by atoms with E-state index in [1.165, 1.54) is 12.8 Å². The summed E-state index contributed by atoms with van der Waals surface area (Å²) in [4.78, 5) is 20.9. The highest BCUT2D eigenvalue weighted by molar-refractivity contribution is 5.68. The molecule has 0 heterocycles. The van der Waals surface area contributed by atoms with Crippen molar-refractivity contribution in [2.45, 2.75) is 73.1 Å². The first-order chi connectivity index (χ1) is 8.31. The number of carbonyl (C=O) groups is 1. The molecule has 0 aromatic carbocycles. The van der Waals surface area contributed by atoms with Crippen LogP contribution >= 0.6 is 0 Å². The van der Waals surface area contributed by atoms with Crippen molar-refractivity contribution in [2.24, 2.45) is 11.3 Å². The van der Waals surface area contributed by atoms with E-state index in [-0.39, 0.29) is 5.97 Å². The van der Waals surface area contributed by atoms with Crippen LogP contribution < -0.4 is 0 Å². The number of hydrogen-bond acceptors (Lipinski definition) is 3. The molecule has 0 aliphatic rings. The lowest BCUT2D eigenvalue weighted by Crippen LogP contribution is -2.08. The van der Waals surface area contributed by atoms with E-state index in [1.54, 1.807) is 0 Å². The fourth-order valence-corrected chi connectivity index (χ4v) is 1.53. The summed E-state index contributed by atoms with van der Waals surface area (Å²) >= 11 is 0. The molecule has 0 spiro atoms. The first-order valence-electron chi connectivity index (χ1n) is 7.13. The lowest BCUT2D eigenvalue weighted by molar-refractivity contribution is -0.273. The molecule has 3 nitrogen and oxygen atoms in total. The van der Waals surface area contributed by atoms with E-state index in [2.05, 4.69) is 34.6 Å². The van der Waals surface area contributed by atoms with Gasteiger partial charge in [0.2, 0.25) is 0 Å². The third kappa shape index (κ3) is 13.5. The zero-order valence-corrected chi connectivity index (χ0v) is 12.8. The minimum Gasteiger partial charge on any atom is -0.298 e. The van der Waals surface area contributed by atoms with Crippen molar-refractivity contribution in [3.63, 3.8) is 0 Å². The summed E-state index contributed by atoms with van der Waals surface area (Å²) in [7, 11) is 0. The lowest BCUT2D eigenvalue weighted by atomic mass is 9.89. The van der Waals surface area contributed by atoms with Crippen LogP contribution in [0.2, 0.25) is 0 Å². The standard InChI is InChI=1S/C15H30O3/c1-13(2)10-12-17-18-14(16)9-7-6-8-11-15(3,4)5/h13H,6-12H2,1-5H3. The lowest BCUT2D eigenvalue weighted by Gasteiger charge is -2.17. The van der Waals surface area contributed by atoms with E-state index in [0.717, 1.165) is 19.3 Å². The summed E-state index contributed by atoms with van der Waals surface area (Å²) in [5, 5.41) is 0. The molecule has 0 saturated heterocycles. The Morgan fingerprint density at radius 2 is 1.78 bits per heavy atom. The molecule has 0 aromatic heterocycles. The molecule has 18 heavy (non-hydrogen) atoms. The van der Waals surface area contributed by atoms with Crippen molar-refractivity contribution < 1.29 is 14.6 Å². The number of rotatable bonds is 9. The Balaban J connectivity index is 3.32. The van der Waals surface area contributed by atoms with Gasteiger partial charge in [0.25, 0.3) is 0 Å². The average molecular weight is 258 g/mol. The molecule has 0 unspecified atom stereocenters. The van der Waals surface area contributed by atoms with Gasteiger partial charge in [-0.3, -0.25) is 4.89 Å². The molecule has 0 atom stereocenters. The van der Waals surface area contributed by atoms with Crippen LogP contribution in [0.1, 0.15) is 73.1 Å². The average Bonchev–Trinajstić information content (AvgIpc) is 2.22. The number of carbonyl (C=O) groups excluding carboxylic acids is 1. The summed E-state index contributed by atoms with van der Waals surface area (Å²) in [6.45, 7) is 11.4. The van der Waals surface area contributed by atoms with E-state index >= 15 is 0 Å². The topological polar surface area (TPSA) is 35.5 Å². The van der Waals surface area contributed by atoms with Crippen LogP contribution in [0, 0.1) is 11.3 Å². The molecule has 0 amide bonds. The molecule has 0 aromatic rings. The van der Waals surface area contributed by atoms with Gasteiger partial charge >= 0.3 is 5.97 Å². The second-order valence-corrected chi connectivity index (χ2v) is 6.58. The Morgan fingerprint density at radius 3 is 2.33 bits per heavy atom. The highest BCUT2D eigenvalue weighted by Crippen LogP contribution is 2.22. The number of hydrogen-bond donors (Lipinski definition) is 0. The normalized spacial score (nSPS) is 11.9. The van der Waals surface area contributed by atoms with Crippen molar-refractivity contribution in [1.29, 1.82) is 0 Å². The Bertz CT molecular complexity index is 216. The van der Waals surface area contributed by atoms with Crippen LogP contribution in [0.5, 0.6) is 0 Å². The van der Waals surface area contributed by atoms with Gasteiger partial charge in [0.15, 0.2) is 0 Å². The van der Waals surface area contributed by atoms with Gasteiger partial charge in [-0.1, -0.05) is 47.5 Å². The molecule has 0 saturated carbocycles. The number of unbranched alkanes of at least 4 members (excludes halogenated alkanes) is 2. The van der Waals surface area contributed by atoms with Crippen LogP contribution in [-0.4, -0.2) is 12.6 Å². The van der Waals surface area contributed by atoms with Gasteiger partial charge in [-0.15, -0.1) is 0 Å². The van der Waals surface area contributed by atoms with Gasteiger partial charge in [0.1, 0.15) is 0 Å². The zero-order chi connectivity index (χ0) is 14.0. The summed E-state index contributed by atoms with van der Waals surface area (Å²) < 4.78 is 0. The second-order valence-electron chi connectivity index (χ2n) is 6.58. The third-order valence-electron chi connectivity index (χ3n) is 2.74. The molecule has 108 valence electrons. The van der Waals surface area contributed by atoms with Crippen LogP contribution in [-0.2, 0) is 14.6 Å². The van der Waals surface area contributed by atoms with Gasteiger partial charge < -0.3 is 0 Å². The van der Waals surface area contributed by atoms with Gasteiger partial charge in [-0.25, -0.2) is 4.79 Å². The quantitative estimate of drug-likeness (QED) is 0.347. The van der Waals surface area contributed by atoms with Crippen molar-refractivity contribution in [1.82, 2.24) is 0 Å². The first kappa shape index (κ1) is 17.4. The fourth-order valence-electron chi connectivity index (χ4n) is 1.53. The van der Waals surface area contributed by atoms with Gasteiger partial charge in [0.05, 0.1) is 6.61 Å². The molecular weight excluding hydrogens is 228 g/mol. The molecule has 3 heteroatoms. The van der Waals surface area contributed by atoms with Crippen molar-refractivity contribution in [3.8, 4) is 0 Å². The van der Waals surface area contributed by atoms with Gasteiger partial charge in [-0.2, -0.15) is 4.89 Å². The van der Waals surface area contributed by atoms with Gasteiger partial charge in [-0.05, 0) is 30.6 Å². The van der Waals surface area contributed by atoms with Crippen LogP contribution in [0.3, 0.4) is 0 Å². The van der Waals surface area contributed by atoms with E-state index in [4.69, 9.17) is 9.78 Å². The van der Waals surface area contributed by atoms with E-state index in [9.17, 15) is 4.79 Å². The monoisotopic (exact) mass is 258 g/mol. The Morgan fingerprint density at radius 1 is 1.11 bits per heavy atom. The summed E-state index contributed by atoms with van der Waals surface area (Å²) in [5.74, 6) is 0.329. The summed E-state index contributed by atoms with van der Waals surface area (Å²) in [6.07, 6.45) is 5.73. The summed E-state index contributed by atoms with van der Waals surface area (Å²) in [5.41, 5.74) is 0.389. The molecule has 0 bridgehead atoms. The van der Waals surface area contributed by atoms with Crippen molar-refractivity contribution in [2.75, 3.05) is 6.61 Å². The molecule has 0 N–H and O–H groups in total. The maximum atomic E-state index is 11.3. The predicted octanol–water partition coefficient (Wildman–Crippen LogP) is 4.50. The molecule has 0 aliphatic heterocycles. The van der Waals surface area contributed by atoms with Crippen molar-refractivity contribution in [3.05, 3.63) is 0 Å². The molecular formula is C15H30O3. The smallest absolute Gasteiger partial charge is 0.298 e. The highest BCUT2D eigenvalue weighted by Gasteiger charge is 2.10. The fraction of sp³-hybridized carbons (Fsp3) is 0.933. The molecule has 0 fully saturated rings. The van der Waals surface area contributed by atoms with E-state index in [0.29, 0.717) is 24.4 Å². The Hall–Kier alpha value is -0.570. The minimum atomic E-state index is -0.241. The maximum absolute atomic E-state index is 11.3. The maximum Gasteiger partial charge on any atom is 0.342 e. The molecule has 0 radical (unpaired) electrons. The molecule has 0 aliphatic carbocycles. The Labute approximate surface area is 112 Å². The second kappa shape index (κ2) is 9.37.